The molecule has 3 fully saturated rings. The summed E-state index contributed by atoms with van der Waals surface area (Å²) in [5, 5.41) is 12.8. The second-order valence-corrected chi connectivity index (χ2v) is 12.2. The molecule has 0 radical (unpaired) electrons. The number of carbonyl (C=O) groups is 3. The molecule has 1 aliphatic carbocycles. The van der Waals surface area contributed by atoms with E-state index in [1.165, 1.54) is 17.8 Å². The van der Waals surface area contributed by atoms with Crippen molar-refractivity contribution >= 4 is 35.3 Å². The van der Waals surface area contributed by atoms with Crippen molar-refractivity contribution in [3.8, 4) is 11.5 Å². The van der Waals surface area contributed by atoms with Gasteiger partial charge in [0.25, 0.3) is 5.91 Å². The zero-order chi connectivity index (χ0) is 28.5. The number of anilines is 1. The van der Waals surface area contributed by atoms with Crippen LogP contribution in [0.1, 0.15) is 37.7 Å². The summed E-state index contributed by atoms with van der Waals surface area (Å²) >= 11 is 1.50. The summed E-state index contributed by atoms with van der Waals surface area (Å²) in [5.41, 5.74) is 2.49. The van der Waals surface area contributed by atoms with Gasteiger partial charge in [-0.05, 0) is 87.5 Å². The fourth-order valence-corrected chi connectivity index (χ4v) is 7.85. The third kappa shape index (κ3) is 5.58. The Morgan fingerprint density at radius 1 is 1.07 bits per heavy atom. The van der Waals surface area contributed by atoms with Crippen molar-refractivity contribution in [1.29, 1.82) is 0 Å². The molecule has 0 bridgehead atoms. The van der Waals surface area contributed by atoms with Crippen LogP contribution in [0.3, 0.4) is 0 Å². The molecule has 1 saturated carbocycles. The first-order valence-corrected chi connectivity index (χ1v) is 15.1. The van der Waals surface area contributed by atoms with Crippen LogP contribution in [0.15, 0.2) is 71.8 Å². The average molecular weight is 574 g/mol. The van der Waals surface area contributed by atoms with E-state index in [9.17, 15) is 14.4 Å². The molecule has 2 saturated heterocycles. The second kappa shape index (κ2) is 11.6. The topological polar surface area (TPSA) is 112 Å². The van der Waals surface area contributed by atoms with Gasteiger partial charge >= 0.3 is 6.03 Å². The van der Waals surface area contributed by atoms with Gasteiger partial charge in [-0.1, -0.05) is 36.5 Å². The van der Waals surface area contributed by atoms with Crippen molar-refractivity contribution in [1.82, 2.24) is 21.3 Å². The summed E-state index contributed by atoms with van der Waals surface area (Å²) in [6.45, 7) is 6.27. The molecule has 0 aromatic heterocycles. The number of ether oxygens (including phenoxy) is 1. The van der Waals surface area contributed by atoms with Gasteiger partial charge in [0, 0.05) is 29.4 Å². The van der Waals surface area contributed by atoms with E-state index in [0.717, 1.165) is 49.2 Å². The van der Waals surface area contributed by atoms with Gasteiger partial charge in [-0.2, -0.15) is 0 Å². The SMILES string of the molecule is C=CC(=O)N[C@H]1CCC[C@@H](NC(=O)C2=C3NC(=O)N(c4ccc(Oc5ccccc5)cc4C)C4CCNC(S2)C34)C1. The molecular weight excluding hydrogens is 538 g/mol. The highest BCUT2D eigenvalue weighted by molar-refractivity contribution is 8.04. The number of amides is 4. The largest absolute Gasteiger partial charge is 0.457 e. The Morgan fingerprint density at radius 2 is 1.85 bits per heavy atom. The summed E-state index contributed by atoms with van der Waals surface area (Å²) in [6, 6.07) is 15.1. The molecule has 2 aromatic rings. The molecule has 4 N–H and O–H groups in total. The number of hydrogen-bond donors (Lipinski definition) is 4. The van der Waals surface area contributed by atoms with E-state index in [1.807, 2.05) is 60.4 Å². The minimum Gasteiger partial charge on any atom is -0.457 e. The first-order valence-electron chi connectivity index (χ1n) is 14.2. The lowest BCUT2D eigenvalue weighted by Crippen LogP contribution is -2.62. The molecule has 3 aliphatic heterocycles. The lowest BCUT2D eigenvalue weighted by atomic mass is 9.86. The van der Waals surface area contributed by atoms with Gasteiger partial charge in [-0.15, -0.1) is 0 Å². The van der Waals surface area contributed by atoms with Crippen LogP contribution in [-0.4, -0.2) is 47.9 Å². The Bertz CT molecular complexity index is 1400. The van der Waals surface area contributed by atoms with Gasteiger partial charge < -0.3 is 26.0 Å². The molecule has 4 aliphatic rings. The van der Waals surface area contributed by atoms with E-state index >= 15 is 0 Å². The zero-order valence-electron chi connectivity index (χ0n) is 23.0. The molecule has 9 nitrogen and oxygen atoms in total. The van der Waals surface area contributed by atoms with Crippen molar-refractivity contribution in [3.05, 3.63) is 77.4 Å². The molecule has 41 heavy (non-hydrogen) atoms. The van der Waals surface area contributed by atoms with Gasteiger partial charge in [0.2, 0.25) is 5.91 Å². The number of nitrogens with one attached hydrogen (secondary N) is 4. The fourth-order valence-electron chi connectivity index (χ4n) is 6.45. The minimum absolute atomic E-state index is 0.000392. The molecule has 3 heterocycles. The van der Waals surface area contributed by atoms with Crippen molar-refractivity contribution in [2.45, 2.75) is 62.5 Å². The standard InChI is InChI=1S/C31H35N5O4S/c1-3-25(37)33-19-8-7-9-20(17-19)34-29(38)28-27-26-24(14-15-32-30(26)41-28)36(31(39)35-27)23-13-12-22(16-18(23)2)40-21-10-5-4-6-11-21/h3-6,10-13,16,19-20,24,26,30,32H,1,7-9,14-15,17H2,2H3,(H,33,37)(H,34,38)(H,35,39)/t19-,20+,24?,26?,30?/m0/s1. The van der Waals surface area contributed by atoms with Crippen LogP contribution in [0.4, 0.5) is 10.5 Å². The predicted molar refractivity (Wildman–Crippen MR) is 160 cm³/mol. The van der Waals surface area contributed by atoms with Crippen LogP contribution in [0, 0.1) is 12.8 Å². The fraction of sp³-hybridized carbons (Fsp3) is 0.387. The third-order valence-electron chi connectivity index (χ3n) is 8.30. The summed E-state index contributed by atoms with van der Waals surface area (Å²) in [4.78, 5) is 41.4. The first kappa shape index (κ1) is 27.4. The molecule has 4 amide bonds. The van der Waals surface area contributed by atoms with Crippen LogP contribution in [0.2, 0.25) is 0 Å². The van der Waals surface area contributed by atoms with E-state index in [1.54, 1.807) is 0 Å². The highest BCUT2D eigenvalue weighted by atomic mass is 32.2. The number of para-hydroxylation sites is 1. The quantitative estimate of drug-likeness (QED) is 0.368. The average Bonchev–Trinajstić information content (AvgIpc) is 3.34. The first-order chi connectivity index (χ1) is 19.9. The molecule has 0 spiro atoms. The maximum Gasteiger partial charge on any atom is 0.326 e. The highest BCUT2D eigenvalue weighted by Crippen LogP contribution is 2.48. The van der Waals surface area contributed by atoms with Crippen LogP contribution in [0.5, 0.6) is 11.5 Å². The molecule has 5 atom stereocenters. The molecule has 214 valence electrons. The maximum atomic E-state index is 13.6. The van der Waals surface area contributed by atoms with Crippen LogP contribution in [-0.2, 0) is 9.59 Å². The Hall–Kier alpha value is -3.76. The number of aryl methyl sites for hydroxylation is 1. The number of nitrogens with zero attached hydrogens (tertiary/aromatic N) is 1. The van der Waals surface area contributed by atoms with E-state index in [0.29, 0.717) is 22.8 Å². The Labute approximate surface area is 244 Å². The van der Waals surface area contributed by atoms with Crippen LogP contribution in [0.25, 0.3) is 0 Å². The minimum atomic E-state index is -0.223. The van der Waals surface area contributed by atoms with E-state index in [4.69, 9.17) is 4.74 Å². The van der Waals surface area contributed by atoms with Crippen LogP contribution < -0.4 is 30.9 Å². The number of urea groups is 1. The number of rotatable bonds is 7. The number of piperidine rings is 1. The zero-order valence-corrected chi connectivity index (χ0v) is 23.8. The number of hydrogen-bond acceptors (Lipinski definition) is 6. The third-order valence-corrected chi connectivity index (χ3v) is 9.65. The predicted octanol–water partition coefficient (Wildman–Crippen LogP) is 4.31. The van der Waals surface area contributed by atoms with E-state index < -0.39 is 0 Å². The summed E-state index contributed by atoms with van der Waals surface area (Å²) in [6.07, 6.45) is 5.39. The van der Waals surface area contributed by atoms with E-state index in [-0.39, 0.29) is 47.3 Å². The molecule has 2 aromatic carbocycles. The Morgan fingerprint density at radius 3 is 2.61 bits per heavy atom. The van der Waals surface area contributed by atoms with Crippen LogP contribution >= 0.6 is 11.8 Å². The monoisotopic (exact) mass is 573 g/mol. The summed E-state index contributed by atoms with van der Waals surface area (Å²) < 4.78 is 6.00. The van der Waals surface area contributed by atoms with Gasteiger partial charge in [0.15, 0.2) is 0 Å². The van der Waals surface area contributed by atoms with Gasteiger partial charge in [-0.25, -0.2) is 4.79 Å². The highest BCUT2D eigenvalue weighted by Gasteiger charge is 2.52. The van der Waals surface area contributed by atoms with Gasteiger partial charge in [0.1, 0.15) is 11.5 Å². The van der Waals surface area contributed by atoms with Crippen molar-refractivity contribution < 1.29 is 19.1 Å². The molecule has 10 heteroatoms. The van der Waals surface area contributed by atoms with Crippen molar-refractivity contribution in [3.63, 3.8) is 0 Å². The number of thioether (sulfide) groups is 1. The summed E-state index contributed by atoms with van der Waals surface area (Å²) in [7, 11) is 0. The van der Waals surface area contributed by atoms with Crippen molar-refractivity contribution in [2.24, 2.45) is 5.92 Å². The Kier molecular flexibility index (Phi) is 7.77. The lowest BCUT2D eigenvalue weighted by molar-refractivity contribution is -0.117. The lowest BCUT2D eigenvalue weighted by Gasteiger charge is -2.46. The number of benzene rings is 2. The molecular formula is C31H35N5O4S. The van der Waals surface area contributed by atoms with Crippen molar-refractivity contribution in [2.75, 3.05) is 11.4 Å². The second-order valence-electron chi connectivity index (χ2n) is 11.0. The smallest absolute Gasteiger partial charge is 0.326 e. The van der Waals surface area contributed by atoms with Gasteiger partial charge in [0.05, 0.1) is 16.3 Å². The molecule has 6 rings (SSSR count). The number of carbonyl (C=O) groups excluding carboxylic acids is 3. The summed E-state index contributed by atoms with van der Waals surface area (Å²) in [5.74, 6) is 1.08. The van der Waals surface area contributed by atoms with Gasteiger partial charge in [-0.3, -0.25) is 14.5 Å². The maximum absolute atomic E-state index is 13.6. The van der Waals surface area contributed by atoms with E-state index in [2.05, 4.69) is 27.8 Å². The molecule has 3 unspecified atom stereocenters. The normalized spacial score (nSPS) is 27.0. The Balaban J connectivity index is 1.20.